The molecular formula is C40H44O8SSi. The Kier molecular flexibility index (Phi) is 12.0. The summed E-state index contributed by atoms with van der Waals surface area (Å²) in [6.07, 6.45) is -4.56. The largest absolute Gasteiger partial charge is 0.452 e. The number of esters is 3. The van der Waals surface area contributed by atoms with Gasteiger partial charge in [0.15, 0.2) is 26.6 Å². The van der Waals surface area contributed by atoms with Gasteiger partial charge in [-0.3, -0.25) is 0 Å². The van der Waals surface area contributed by atoms with Gasteiger partial charge in [0.05, 0.1) is 23.3 Å². The molecule has 10 heteroatoms. The summed E-state index contributed by atoms with van der Waals surface area (Å²) >= 11 is 1.33. The molecular weight excluding hydrogens is 669 g/mol. The lowest BCUT2D eigenvalue weighted by atomic mass is 9.98. The van der Waals surface area contributed by atoms with Crippen molar-refractivity contribution in [2.24, 2.45) is 0 Å². The Morgan fingerprint density at radius 2 is 1.06 bits per heavy atom. The lowest BCUT2D eigenvalue weighted by molar-refractivity contribution is -0.206. The average Bonchev–Trinajstić information content (AvgIpc) is 3.11. The van der Waals surface area contributed by atoms with Gasteiger partial charge < -0.3 is 23.4 Å². The van der Waals surface area contributed by atoms with Crippen molar-refractivity contribution in [1.82, 2.24) is 0 Å². The van der Waals surface area contributed by atoms with Gasteiger partial charge >= 0.3 is 17.9 Å². The van der Waals surface area contributed by atoms with Crippen LogP contribution in [0.4, 0.5) is 0 Å². The van der Waals surface area contributed by atoms with E-state index in [2.05, 4.69) is 33.9 Å². The molecule has 1 fully saturated rings. The quantitative estimate of drug-likeness (QED) is 0.0861. The van der Waals surface area contributed by atoms with Crippen molar-refractivity contribution in [3.63, 3.8) is 0 Å². The van der Waals surface area contributed by atoms with Gasteiger partial charge in [-0.2, -0.15) is 0 Å². The highest BCUT2D eigenvalue weighted by Crippen LogP contribution is 2.41. The molecule has 1 aliphatic rings. The van der Waals surface area contributed by atoms with Gasteiger partial charge in [0, 0.05) is 4.90 Å². The van der Waals surface area contributed by atoms with Gasteiger partial charge in [-0.05, 0) is 73.6 Å². The smallest absolute Gasteiger partial charge is 0.338 e. The second-order valence-corrected chi connectivity index (χ2v) is 19.7. The Morgan fingerprint density at radius 1 is 0.640 bits per heavy atom. The molecule has 5 atom stereocenters. The lowest BCUT2D eigenvalue weighted by Crippen LogP contribution is -2.62. The Bertz CT molecular complexity index is 1730. The van der Waals surface area contributed by atoms with Crippen LogP contribution in [0.2, 0.25) is 18.1 Å². The molecule has 262 valence electrons. The molecule has 0 saturated carbocycles. The summed E-state index contributed by atoms with van der Waals surface area (Å²) < 4.78 is 32.1. The molecule has 0 N–H and O–H groups in total. The summed E-state index contributed by atoms with van der Waals surface area (Å²) in [6, 6.07) is 33.5. The molecule has 4 aromatic carbocycles. The number of carbonyl (C=O) groups is 3. The van der Waals surface area contributed by atoms with Gasteiger partial charge in [-0.15, -0.1) is 0 Å². The highest BCUT2D eigenvalue weighted by Gasteiger charge is 2.53. The summed E-state index contributed by atoms with van der Waals surface area (Å²) in [4.78, 5) is 42.1. The van der Waals surface area contributed by atoms with E-state index in [1.54, 1.807) is 91.0 Å². The second-order valence-electron chi connectivity index (χ2n) is 13.8. The molecule has 0 spiro atoms. The lowest BCUT2D eigenvalue weighted by Gasteiger charge is -2.46. The van der Waals surface area contributed by atoms with Gasteiger partial charge in [0.1, 0.15) is 11.5 Å². The Labute approximate surface area is 299 Å². The van der Waals surface area contributed by atoms with Crippen molar-refractivity contribution in [2.45, 2.75) is 80.6 Å². The van der Waals surface area contributed by atoms with Crippen LogP contribution in [-0.2, 0) is 23.4 Å². The number of aryl methyl sites for hydroxylation is 1. The standard InChI is InChI=1S/C40H44O8SSi/c1-27-22-24-31(25-23-27)49-39-35(48-38(43)30-20-14-9-15-21-30)34(47-37(42)29-18-12-8-13-19-29)33(46-36(41)28-16-10-7-11-17-28)32(45-39)26-44-50(5,6)40(2,3)4/h7-25,32-35,39H,26H2,1-6H3/t32-,33-,34+,35-,39+/m1/s1. The minimum atomic E-state index is -2.34. The van der Waals surface area contributed by atoms with Gasteiger partial charge in [-0.25, -0.2) is 14.4 Å². The number of hydrogen-bond acceptors (Lipinski definition) is 9. The second kappa shape index (κ2) is 16.2. The van der Waals surface area contributed by atoms with E-state index in [1.807, 2.05) is 31.2 Å². The zero-order valence-electron chi connectivity index (χ0n) is 29.2. The van der Waals surface area contributed by atoms with E-state index in [4.69, 9.17) is 23.4 Å². The van der Waals surface area contributed by atoms with Crippen molar-refractivity contribution in [3.8, 4) is 0 Å². The summed E-state index contributed by atoms with van der Waals surface area (Å²) in [7, 11) is -2.34. The zero-order chi connectivity index (χ0) is 35.9. The van der Waals surface area contributed by atoms with Crippen LogP contribution in [-0.4, -0.2) is 62.7 Å². The van der Waals surface area contributed by atoms with Crippen LogP contribution in [0.15, 0.2) is 120 Å². The zero-order valence-corrected chi connectivity index (χ0v) is 31.1. The first-order valence-corrected chi connectivity index (χ1v) is 20.4. The van der Waals surface area contributed by atoms with Gasteiger partial charge in [-0.1, -0.05) is 105 Å². The van der Waals surface area contributed by atoms with E-state index in [0.717, 1.165) is 10.5 Å². The molecule has 1 heterocycles. The molecule has 1 aliphatic heterocycles. The van der Waals surface area contributed by atoms with Crippen LogP contribution < -0.4 is 0 Å². The highest BCUT2D eigenvalue weighted by molar-refractivity contribution is 7.99. The van der Waals surface area contributed by atoms with Crippen LogP contribution in [0.5, 0.6) is 0 Å². The fourth-order valence-electron chi connectivity index (χ4n) is 5.06. The van der Waals surface area contributed by atoms with Crippen molar-refractivity contribution in [3.05, 3.63) is 138 Å². The van der Waals surface area contributed by atoms with Crippen molar-refractivity contribution in [2.75, 3.05) is 6.61 Å². The van der Waals surface area contributed by atoms with E-state index in [0.29, 0.717) is 11.1 Å². The van der Waals surface area contributed by atoms with Crippen LogP contribution in [0.1, 0.15) is 57.4 Å². The minimum Gasteiger partial charge on any atom is -0.452 e. The van der Waals surface area contributed by atoms with E-state index in [-0.39, 0.29) is 17.2 Å². The van der Waals surface area contributed by atoms with E-state index >= 15 is 0 Å². The number of thioether (sulfide) groups is 1. The SMILES string of the molecule is Cc1ccc(S[C@@H]2O[C@H](CO[Si](C)(C)C(C)(C)C)[C@@H](OC(=O)c3ccccc3)[C@H](OC(=O)c3ccccc3)[C@H]2OC(=O)c2ccccc2)cc1. The predicted molar refractivity (Wildman–Crippen MR) is 196 cm³/mol. The van der Waals surface area contributed by atoms with Crippen LogP contribution in [0, 0.1) is 6.92 Å². The first kappa shape index (κ1) is 37.0. The van der Waals surface area contributed by atoms with Crippen LogP contribution in [0.25, 0.3) is 0 Å². The normalized spacial score (nSPS) is 20.8. The maximum absolute atomic E-state index is 13.8. The van der Waals surface area contributed by atoms with E-state index < -0.39 is 56.1 Å². The molecule has 0 radical (unpaired) electrons. The number of rotatable bonds is 11. The monoisotopic (exact) mass is 712 g/mol. The van der Waals surface area contributed by atoms with E-state index in [9.17, 15) is 14.4 Å². The molecule has 0 unspecified atom stereocenters. The molecule has 0 aliphatic carbocycles. The third-order valence-corrected chi connectivity index (χ3v) is 14.7. The first-order chi connectivity index (χ1) is 23.8. The molecule has 5 rings (SSSR count). The molecule has 50 heavy (non-hydrogen) atoms. The Balaban J connectivity index is 1.60. The average molecular weight is 713 g/mol. The molecule has 4 aromatic rings. The van der Waals surface area contributed by atoms with Crippen molar-refractivity contribution in [1.29, 1.82) is 0 Å². The first-order valence-electron chi connectivity index (χ1n) is 16.6. The highest BCUT2D eigenvalue weighted by atomic mass is 32.2. The predicted octanol–water partition coefficient (Wildman–Crippen LogP) is 8.51. The summed E-state index contributed by atoms with van der Waals surface area (Å²) in [6.45, 7) is 12.7. The molecule has 8 nitrogen and oxygen atoms in total. The fraction of sp³-hybridized carbons (Fsp3) is 0.325. The van der Waals surface area contributed by atoms with Crippen LogP contribution in [0.3, 0.4) is 0 Å². The number of carbonyl (C=O) groups excluding carboxylic acids is 3. The minimum absolute atomic E-state index is 0.0485. The summed E-state index contributed by atoms with van der Waals surface area (Å²) in [5.41, 5.74) is 1.10. The summed E-state index contributed by atoms with van der Waals surface area (Å²) in [5.74, 6) is -1.95. The molecule has 0 bridgehead atoms. The Morgan fingerprint density at radius 3 is 1.50 bits per heavy atom. The number of hydrogen-bond donors (Lipinski definition) is 0. The van der Waals surface area contributed by atoms with E-state index in [1.165, 1.54) is 11.8 Å². The fourth-order valence-corrected chi connectivity index (χ4v) is 7.18. The maximum atomic E-state index is 13.8. The summed E-state index contributed by atoms with van der Waals surface area (Å²) in [5, 5.41) is -0.124. The molecule has 0 amide bonds. The van der Waals surface area contributed by atoms with Crippen LogP contribution >= 0.6 is 11.8 Å². The number of benzene rings is 4. The van der Waals surface area contributed by atoms with Gasteiger partial charge in [0.25, 0.3) is 0 Å². The Hall–Kier alpha value is -4.22. The van der Waals surface area contributed by atoms with Gasteiger partial charge in [0.2, 0.25) is 0 Å². The van der Waals surface area contributed by atoms with Crippen molar-refractivity contribution < 1.29 is 37.8 Å². The molecule has 1 saturated heterocycles. The topological polar surface area (TPSA) is 97.4 Å². The molecule has 0 aromatic heterocycles. The third kappa shape index (κ3) is 9.31. The maximum Gasteiger partial charge on any atom is 0.338 e. The van der Waals surface area contributed by atoms with Crippen molar-refractivity contribution >= 4 is 38.0 Å². The number of ether oxygens (including phenoxy) is 4. The third-order valence-electron chi connectivity index (χ3n) is 9.04.